The molecule has 0 saturated carbocycles. The van der Waals surface area contributed by atoms with Gasteiger partial charge in [-0.3, -0.25) is 20.4 Å². The van der Waals surface area contributed by atoms with E-state index in [9.17, 15) is 18.0 Å². The molecule has 0 radical (unpaired) electrons. The molecule has 0 saturated heterocycles. The summed E-state index contributed by atoms with van der Waals surface area (Å²) >= 11 is 0. The molecule has 0 bridgehead atoms. The van der Waals surface area contributed by atoms with Crippen molar-refractivity contribution in [1.29, 1.82) is 0 Å². The number of nitrogens with zero attached hydrogens (tertiary/aromatic N) is 1. The van der Waals surface area contributed by atoms with Gasteiger partial charge in [0.25, 0.3) is 11.8 Å². The first-order valence-electron chi connectivity index (χ1n) is 8.85. The topological polar surface area (TPSA) is 105 Å². The van der Waals surface area contributed by atoms with Gasteiger partial charge < -0.3 is 4.74 Å². The van der Waals surface area contributed by atoms with Crippen LogP contribution in [0, 0.1) is 20.8 Å². The summed E-state index contributed by atoms with van der Waals surface area (Å²) in [5.74, 6) is -0.565. The lowest BCUT2D eigenvalue weighted by molar-refractivity contribution is -0.123. The lowest BCUT2D eigenvalue weighted by Crippen LogP contribution is -2.43. The number of aryl methyl sites for hydroxylation is 3. The van der Waals surface area contributed by atoms with Crippen molar-refractivity contribution < 1.29 is 22.7 Å². The van der Waals surface area contributed by atoms with Gasteiger partial charge in [0.1, 0.15) is 5.75 Å². The predicted molar refractivity (Wildman–Crippen MR) is 109 cm³/mol. The Bertz CT molecular complexity index is 1010. The predicted octanol–water partition coefficient (Wildman–Crippen LogP) is 1.70. The third kappa shape index (κ3) is 5.55. The summed E-state index contributed by atoms with van der Waals surface area (Å²) in [4.78, 5) is 24.2. The van der Waals surface area contributed by atoms with E-state index in [4.69, 9.17) is 4.74 Å². The van der Waals surface area contributed by atoms with Gasteiger partial charge >= 0.3 is 0 Å². The second kappa shape index (κ2) is 9.06. The molecule has 0 aromatic heterocycles. The van der Waals surface area contributed by atoms with E-state index in [-0.39, 0.29) is 17.1 Å². The molecule has 0 heterocycles. The van der Waals surface area contributed by atoms with Crippen LogP contribution in [0.15, 0.2) is 41.3 Å². The number of rotatable bonds is 6. The molecule has 0 aliphatic carbocycles. The molecule has 2 N–H and O–H groups in total. The minimum absolute atomic E-state index is 0.0184. The Kier molecular flexibility index (Phi) is 6.99. The van der Waals surface area contributed by atoms with Gasteiger partial charge in [0.15, 0.2) is 6.61 Å². The third-order valence-electron chi connectivity index (χ3n) is 4.14. The van der Waals surface area contributed by atoms with Crippen LogP contribution in [0.3, 0.4) is 0 Å². The van der Waals surface area contributed by atoms with Crippen LogP contribution in [0.1, 0.15) is 27.0 Å². The molecule has 156 valence electrons. The number of amides is 2. The molecule has 2 rings (SSSR count). The molecule has 0 spiro atoms. The zero-order valence-electron chi connectivity index (χ0n) is 17.1. The van der Waals surface area contributed by atoms with Gasteiger partial charge in [-0.25, -0.2) is 12.7 Å². The summed E-state index contributed by atoms with van der Waals surface area (Å²) in [7, 11) is -0.864. The second-order valence-corrected chi connectivity index (χ2v) is 8.99. The highest BCUT2D eigenvalue weighted by atomic mass is 32.2. The zero-order valence-corrected chi connectivity index (χ0v) is 17.9. The second-order valence-electron chi connectivity index (χ2n) is 6.83. The number of sulfonamides is 1. The first-order chi connectivity index (χ1) is 13.5. The first-order valence-corrected chi connectivity index (χ1v) is 10.3. The first kappa shape index (κ1) is 22.4. The lowest BCUT2D eigenvalue weighted by Gasteiger charge is -2.14. The Morgan fingerprint density at radius 3 is 2.21 bits per heavy atom. The van der Waals surface area contributed by atoms with Crippen molar-refractivity contribution in [2.75, 3.05) is 20.7 Å². The van der Waals surface area contributed by atoms with Crippen LogP contribution in [0.4, 0.5) is 0 Å². The number of ether oxygens (including phenoxy) is 1. The van der Waals surface area contributed by atoms with Crippen LogP contribution in [0.25, 0.3) is 0 Å². The summed E-state index contributed by atoms with van der Waals surface area (Å²) in [6.45, 7) is 5.48. The normalized spacial score (nSPS) is 11.2. The fourth-order valence-corrected chi connectivity index (χ4v) is 3.72. The van der Waals surface area contributed by atoms with Gasteiger partial charge in [0.2, 0.25) is 10.0 Å². The smallest absolute Gasteiger partial charge is 0.276 e. The standard InChI is InChI=1S/C20H25N3O5S/c1-13-9-14(2)19(15(3)10-13)28-12-18(24)21-22-20(25)16-7-6-8-17(11-16)29(26,27)23(4)5/h6-11H,12H2,1-5H3,(H,21,24)(H,22,25). The maximum absolute atomic E-state index is 12.2. The summed E-state index contributed by atoms with van der Waals surface area (Å²) in [6, 6.07) is 9.45. The molecule has 0 unspecified atom stereocenters. The lowest BCUT2D eigenvalue weighted by atomic mass is 10.1. The van der Waals surface area contributed by atoms with Crippen LogP contribution >= 0.6 is 0 Å². The van der Waals surface area contributed by atoms with Crippen LogP contribution < -0.4 is 15.6 Å². The van der Waals surface area contributed by atoms with Crippen LogP contribution in [-0.4, -0.2) is 45.2 Å². The molecule has 2 aromatic carbocycles. The number of hydrogen-bond acceptors (Lipinski definition) is 5. The van der Waals surface area contributed by atoms with Gasteiger partial charge in [-0.1, -0.05) is 23.8 Å². The molecule has 9 heteroatoms. The molecule has 0 atom stereocenters. The highest BCUT2D eigenvalue weighted by Gasteiger charge is 2.19. The molecule has 2 amide bonds. The number of hydrogen-bond donors (Lipinski definition) is 2. The van der Waals surface area contributed by atoms with E-state index < -0.39 is 21.8 Å². The van der Waals surface area contributed by atoms with E-state index in [1.54, 1.807) is 0 Å². The minimum Gasteiger partial charge on any atom is -0.483 e. The van der Waals surface area contributed by atoms with Crippen LogP contribution in [0.5, 0.6) is 5.75 Å². The van der Waals surface area contributed by atoms with Crippen molar-refractivity contribution >= 4 is 21.8 Å². The molecule has 0 aliphatic heterocycles. The highest BCUT2D eigenvalue weighted by Crippen LogP contribution is 2.24. The Balaban J connectivity index is 1.97. The average molecular weight is 420 g/mol. The van der Waals surface area contributed by atoms with Gasteiger partial charge in [-0.15, -0.1) is 0 Å². The molecule has 8 nitrogen and oxygen atoms in total. The highest BCUT2D eigenvalue weighted by molar-refractivity contribution is 7.89. The van der Waals surface area contributed by atoms with Gasteiger partial charge in [-0.05, 0) is 50.1 Å². The summed E-state index contributed by atoms with van der Waals surface area (Å²) in [5.41, 5.74) is 7.54. The van der Waals surface area contributed by atoms with Crippen molar-refractivity contribution in [2.24, 2.45) is 0 Å². The van der Waals surface area contributed by atoms with E-state index in [0.717, 1.165) is 21.0 Å². The van der Waals surface area contributed by atoms with Gasteiger partial charge in [0.05, 0.1) is 4.90 Å². The van der Waals surface area contributed by atoms with Crippen molar-refractivity contribution in [1.82, 2.24) is 15.2 Å². The van der Waals surface area contributed by atoms with Crippen molar-refractivity contribution in [3.8, 4) is 5.75 Å². The van der Waals surface area contributed by atoms with Gasteiger partial charge in [-0.2, -0.15) is 0 Å². The SMILES string of the molecule is Cc1cc(C)c(OCC(=O)NNC(=O)c2cccc(S(=O)(=O)N(C)C)c2)c(C)c1. The van der Waals surface area contributed by atoms with Crippen molar-refractivity contribution in [3.05, 3.63) is 58.7 Å². The Hall–Kier alpha value is -2.91. The van der Waals surface area contributed by atoms with E-state index >= 15 is 0 Å². The zero-order chi connectivity index (χ0) is 21.8. The largest absolute Gasteiger partial charge is 0.483 e. The number of carbonyl (C=O) groups is 2. The monoisotopic (exact) mass is 419 g/mol. The maximum Gasteiger partial charge on any atom is 0.276 e. The average Bonchev–Trinajstić information content (AvgIpc) is 2.65. The summed E-state index contributed by atoms with van der Waals surface area (Å²) in [6.07, 6.45) is 0. The van der Waals surface area contributed by atoms with Crippen LogP contribution in [0.2, 0.25) is 0 Å². The number of carbonyl (C=O) groups excluding carboxylic acids is 2. The minimum atomic E-state index is -3.67. The Morgan fingerprint density at radius 2 is 1.62 bits per heavy atom. The van der Waals surface area contributed by atoms with E-state index in [0.29, 0.717) is 5.75 Å². The Labute approximate surface area is 170 Å². The third-order valence-corrected chi connectivity index (χ3v) is 5.95. The molecule has 2 aromatic rings. The molecular weight excluding hydrogens is 394 g/mol. The molecule has 0 aliphatic rings. The van der Waals surface area contributed by atoms with Crippen molar-refractivity contribution in [2.45, 2.75) is 25.7 Å². The number of benzene rings is 2. The summed E-state index contributed by atoms with van der Waals surface area (Å²) in [5, 5.41) is 0. The summed E-state index contributed by atoms with van der Waals surface area (Å²) < 4.78 is 31.0. The van der Waals surface area contributed by atoms with E-state index in [1.165, 1.54) is 38.4 Å². The quantitative estimate of drug-likeness (QED) is 0.694. The fourth-order valence-electron chi connectivity index (χ4n) is 2.78. The van der Waals surface area contributed by atoms with E-state index in [1.807, 2.05) is 32.9 Å². The molecule has 0 fully saturated rings. The van der Waals surface area contributed by atoms with Crippen LogP contribution in [-0.2, 0) is 14.8 Å². The number of nitrogens with one attached hydrogen (secondary N) is 2. The molecule has 29 heavy (non-hydrogen) atoms. The maximum atomic E-state index is 12.2. The van der Waals surface area contributed by atoms with E-state index in [2.05, 4.69) is 10.9 Å². The number of hydrazine groups is 1. The fraction of sp³-hybridized carbons (Fsp3) is 0.300. The molecular formula is C20H25N3O5S. The Morgan fingerprint density at radius 1 is 1.00 bits per heavy atom. The van der Waals surface area contributed by atoms with Crippen molar-refractivity contribution in [3.63, 3.8) is 0 Å². The van der Waals surface area contributed by atoms with Gasteiger partial charge in [0, 0.05) is 19.7 Å².